The summed E-state index contributed by atoms with van der Waals surface area (Å²) in [5.41, 5.74) is 5.41. The molecule has 3 rings (SSSR count). The van der Waals surface area contributed by atoms with Gasteiger partial charge in [-0.3, -0.25) is 10.2 Å². The Balaban J connectivity index is 1.52. The van der Waals surface area contributed by atoms with Crippen LogP contribution in [0, 0.1) is 11.6 Å². The van der Waals surface area contributed by atoms with E-state index >= 15 is 0 Å². The molecule has 0 fully saturated rings. The number of methoxy groups -OCH3 is 1. The molecular formula is C22H23F2N5O4. The molecule has 0 radical (unpaired) electrons. The standard InChI is InChI=1S/C22H23F2N5O4/c1-13(2)33-19-7-4-15(8-20(19)32-3)21(30)27-28-22(31)25-10-14-11-26-29(12-14)18-6-5-16(23)9-17(18)24/h4-9,11-13H,10H2,1-3H3,(H,27,30)(H2,25,28,31). The Bertz CT molecular complexity index is 1150. The van der Waals surface area contributed by atoms with Crippen LogP contribution in [0.15, 0.2) is 48.8 Å². The smallest absolute Gasteiger partial charge is 0.333 e. The van der Waals surface area contributed by atoms with Gasteiger partial charge in [0.1, 0.15) is 11.5 Å². The summed E-state index contributed by atoms with van der Waals surface area (Å²) < 4.78 is 39.0. The lowest BCUT2D eigenvalue weighted by atomic mass is 10.2. The van der Waals surface area contributed by atoms with Crippen LogP contribution in [0.4, 0.5) is 13.6 Å². The number of carbonyl (C=O) groups excluding carboxylic acids is 2. The molecule has 3 N–H and O–H groups in total. The fourth-order valence-corrected chi connectivity index (χ4v) is 2.82. The van der Waals surface area contributed by atoms with Gasteiger partial charge in [0.25, 0.3) is 5.91 Å². The highest BCUT2D eigenvalue weighted by Crippen LogP contribution is 2.28. The number of hydrogen-bond acceptors (Lipinski definition) is 5. The quantitative estimate of drug-likeness (QED) is 0.471. The molecule has 3 amide bonds. The van der Waals surface area contributed by atoms with Crippen LogP contribution in [0.25, 0.3) is 5.69 Å². The number of ether oxygens (including phenoxy) is 2. The Kier molecular flexibility index (Phi) is 7.44. The van der Waals surface area contributed by atoms with Crippen molar-refractivity contribution < 1.29 is 27.8 Å². The molecule has 0 spiro atoms. The molecule has 0 aliphatic heterocycles. The maximum absolute atomic E-state index is 13.9. The second-order valence-electron chi connectivity index (χ2n) is 7.18. The summed E-state index contributed by atoms with van der Waals surface area (Å²) in [5, 5.41) is 6.53. The van der Waals surface area contributed by atoms with Gasteiger partial charge in [0.2, 0.25) is 0 Å². The Morgan fingerprint density at radius 3 is 2.58 bits per heavy atom. The van der Waals surface area contributed by atoms with E-state index in [1.165, 1.54) is 42.4 Å². The van der Waals surface area contributed by atoms with E-state index in [0.29, 0.717) is 17.1 Å². The Hall–Kier alpha value is -4.15. The molecule has 0 unspecified atom stereocenters. The monoisotopic (exact) mass is 459 g/mol. The molecule has 1 heterocycles. The summed E-state index contributed by atoms with van der Waals surface area (Å²) in [6.45, 7) is 3.79. The molecule has 0 aliphatic rings. The van der Waals surface area contributed by atoms with Crippen molar-refractivity contribution in [1.29, 1.82) is 0 Å². The van der Waals surface area contributed by atoms with Crippen molar-refractivity contribution in [2.75, 3.05) is 7.11 Å². The van der Waals surface area contributed by atoms with E-state index in [4.69, 9.17) is 9.47 Å². The molecule has 33 heavy (non-hydrogen) atoms. The first-order valence-corrected chi connectivity index (χ1v) is 9.94. The number of benzene rings is 2. The van der Waals surface area contributed by atoms with E-state index < -0.39 is 23.6 Å². The highest BCUT2D eigenvalue weighted by molar-refractivity contribution is 5.95. The minimum Gasteiger partial charge on any atom is -0.493 e. The second-order valence-corrected chi connectivity index (χ2v) is 7.18. The highest BCUT2D eigenvalue weighted by atomic mass is 19.1. The average Bonchev–Trinajstić information content (AvgIpc) is 3.24. The van der Waals surface area contributed by atoms with Gasteiger partial charge in [-0.15, -0.1) is 0 Å². The van der Waals surface area contributed by atoms with E-state index in [-0.39, 0.29) is 23.9 Å². The van der Waals surface area contributed by atoms with Crippen molar-refractivity contribution >= 4 is 11.9 Å². The van der Waals surface area contributed by atoms with Crippen LogP contribution in [-0.4, -0.2) is 34.9 Å². The van der Waals surface area contributed by atoms with E-state index in [9.17, 15) is 18.4 Å². The zero-order chi connectivity index (χ0) is 24.0. The minimum absolute atomic E-state index is 0.0551. The zero-order valence-electron chi connectivity index (χ0n) is 18.2. The third kappa shape index (κ3) is 6.19. The first kappa shape index (κ1) is 23.5. The van der Waals surface area contributed by atoms with Gasteiger partial charge in [-0.1, -0.05) is 0 Å². The molecule has 0 saturated carbocycles. The molecule has 2 aromatic carbocycles. The van der Waals surface area contributed by atoms with E-state index in [1.807, 2.05) is 13.8 Å². The molecule has 174 valence electrons. The number of urea groups is 1. The van der Waals surface area contributed by atoms with Crippen molar-refractivity contribution in [1.82, 2.24) is 25.9 Å². The number of halogens is 2. The summed E-state index contributed by atoms with van der Waals surface area (Å²) in [6.07, 6.45) is 2.85. The van der Waals surface area contributed by atoms with Crippen LogP contribution >= 0.6 is 0 Å². The van der Waals surface area contributed by atoms with Crippen molar-refractivity contribution in [2.24, 2.45) is 0 Å². The van der Waals surface area contributed by atoms with Gasteiger partial charge in [0, 0.05) is 29.9 Å². The zero-order valence-corrected chi connectivity index (χ0v) is 18.2. The molecule has 0 atom stereocenters. The van der Waals surface area contributed by atoms with E-state index in [1.54, 1.807) is 6.07 Å². The van der Waals surface area contributed by atoms with Gasteiger partial charge < -0.3 is 14.8 Å². The first-order valence-electron chi connectivity index (χ1n) is 9.94. The predicted octanol–water partition coefficient (Wildman–Crippen LogP) is 3.09. The SMILES string of the molecule is COc1cc(C(=O)NNC(=O)NCc2cnn(-c3ccc(F)cc3F)c2)ccc1OC(C)C. The number of aromatic nitrogens is 2. The third-order valence-corrected chi connectivity index (χ3v) is 4.32. The summed E-state index contributed by atoms with van der Waals surface area (Å²) in [7, 11) is 1.46. The fourth-order valence-electron chi connectivity index (χ4n) is 2.82. The third-order valence-electron chi connectivity index (χ3n) is 4.32. The average molecular weight is 459 g/mol. The van der Waals surface area contributed by atoms with E-state index in [0.717, 1.165) is 12.1 Å². The molecule has 9 nitrogen and oxygen atoms in total. The van der Waals surface area contributed by atoms with Crippen LogP contribution in [0.3, 0.4) is 0 Å². The summed E-state index contributed by atoms with van der Waals surface area (Å²) in [5.74, 6) is -1.13. The largest absolute Gasteiger partial charge is 0.493 e. The molecule has 0 saturated heterocycles. The number of nitrogens with zero attached hydrogens (tertiary/aromatic N) is 2. The predicted molar refractivity (Wildman–Crippen MR) is 115 cm³/mol. The fraction of sp³-hybridized carbons (Fsp3) is 0.227. The lowest BCUT2D eigenvalue weighted by Gasteiger charge is -2.14. The van der Waals surface area contributed by atoms with Gasteiger partial charge in [-0.05, 0) is 44.2 Å². The molecule has 0 aliphatic carbocycles. The van der Waals surface area contributed by atoms with Crippen LogP contribution in [0.5, 0.6) is 11.5 Å². The summed E-state index contributed by atoms with van der Waals surface area (Å²) >= 11 is 0. The van der Waals surface area contributed by atoms with Crippen molar-refractivity contribution in [2.45, 2.75) is 26.5 Å². The molecule has 3 aromatic rings. The Morgan fingerprint density at radius 2 is 1.88 bits per heavy atom. The number of amides is 3. The summed E-state index contributed by atoms with van der Waals surface area (Å²) in [6, 6.07) is 7.10. The van der Waals surface area contributed by atoms with Crippen molar-refractivity contribution in [3.8, 4) is 17.2 Å². The van der Waals surface area contributed by atoms with Gasteiger partial charge in [0.05, 0.1) is 19.4 Å². The topological polar surface area (TPSA) is 107 Å². The van der Waals surface area contributed by atoms with Crippen molar-refractivity contribution in [3.05, 3.63) is 71.6 Å². The number of nitrogens with one attached hydrogen (secondary N) is 3. The molecule has 0 bridgehead atoms. The van der Waals surface area contributed by atoms with Gasteiger partial charge >= 0.3 is 6.03 Å². The second kappa shape index (κ2) is 10.4. The number of hydrazine groups is 1. The minimum atomic E-state index is -0.765. The molecule has 1 aromatic heterocycles. The van der Waals surface area contributed by atoms with Crippen LogP contribution < -0.4 is 25.6 Å². The van der Waals surface area contributed by atoms with Gasteiger partial charge in [-0.25, -0.2) is 23.7 Å². The number of hydrogen-bond donors (Lipinski definition) is 3. The number of carbonyl (C=O) groups is 2. The highest BCUT2D eigenvalue weighted by Gasteiger charge is 2.13. The molecular weight excluding hydrogens is 436 g/mol. The van der Waals surface area contributed by atoms with Gasteiger partial charge in [0.15, 0.2) is 17.3 Å². The maximum atomic E-state index is 13.9. The normalized spacial score (nSPS) is 10.6. The van der Waals surface area contributed by atoms with Crippen molar-refractivity contribution in [3.63, 3.8) is 0 Å². The number of rotatable bonds is 7. The lowest BCUT2D eigenvalue weighted by Crippen LogP contribution is -2.46. The summed E-state index contributed by atoms with van der Waals surface area (Å²) in [4.78, 5) is 24.3. The maximum Gasteiger partial charge on any atom is 0.333 e. The molecule has 11 heteroatoms. The first-order chi connectivity index (χ1) is 15.8. The lowest BCUT2D eigenvalue weighted by molar-refractivity contribution is 0.0935. The van der Waals surface area contributed by atoms with Gasteiger partial charge in [-0.2, -0.15) is 5.10 Å². The van der Waals surface area contributed by atoms with Crippen LogP contribution in [-0.2, 0) is 6.54 Å². The van der Waals surface area contributed by atoms with E-state index in [2.05, 4.69) is 21.3 Å². The Morgan fingerprint density at radius 1 is 1.09 bits per heavy atom. The van der Waals surface area contributed by atoms with Crippen LogP contribution in [0.1, 0.15) is 29.8 Å². The Labute approximate surface area is 188 Å². The van der Waals surface area contributed by atoms with Crippen LogP contribution in [0.2, 0.25) is 0 Å².